The van der Waals surface area contributed by atoms with Crippen LogP contribution in [0.25, 0.3) is 0 Å². The third kappa shape index (κ3) is 3.29. The lowest BCUT2D eigenvalue weighted by Gasteiger charge is -2.17. The molecule has 0 fully saturated rings. The molecule has 5 heteroatoms. The monoisotopic (exact) mass is 282 g/mol. The van der Waals surface area contributed by atoms with Gasteiger partial charge >= 0.3 is 0 Å². The van der Waals surface area contributed by atoms with Crippen molar-refractivity contribution in [1.29, 1.82) is 0 Å². The van der Waals surface area contributed by atoms with Gasteiger partial charge in [-0.05, 0) is 24.1 Å². The fourth-order valence-electron chi connectivity index (χ4n) is 1.91. The predicted octanol–water partition coefficient (Wildman–Crippen LogP) is 3.37. The summed E-state index contributed by atoms with van der Waals surface area (Å²) in [7, 11) is 0. The lowest BCUT2D eigenvalue weighted by atomic mass is 9.99. The smallest absolute Gasteiger partial charge is 0.142 e. The summed E-state index contributed by atoms with van der Waals surface area (Å²) in [5.41, 5.74) is 3.64. The van der Waals surface area contributed by atoms with Crippen LogP contribution in [-0.2, 0) is 6.42 Å². The van der Waals surface area contributed by atoms with Gasteiger partial charge in [-0.1, -0.05) is 41.9 Å². The molecule has 0 saturated carbocycles. The van der Waals surface area contributed by atoms with Crippen molar-refractivity contribution >= 4 is 11.6 Å². The number of nitrogens with two attached hydrogens (primary N) is 1. The van der Waals surface area contributed by atoms with Crippen molar-refractivity contribution in [3.05, 3.63) is 70.2 Å². The van der Waals surface area contributed by atoms with E-state index in [0.717, 1.165) is 17.7 Å². The number of rotatable bonds is 4. The van der Waals surface area contributed by atoms with Gasteiger partial charge in [0.25, 0.3) is 0 Å². The second-order valence-corrected chi connectivity index (χ2v) is 4.60. The van der Waals surface area contributed by atoms with Crippen LogP contribution in [0.15, 0.2) is 42.5 Å². The zero-order chi connectivity index (χ0) is 13.8. The number of nitrogens with one attached hydrogen (secondary N) is 1. The molecule has 0 aromatic heterocycles. The van der Waals surface area contributed by atoms with Crippen molar-refractivity contribution in [2.45, 2.75) is 12.5 Å². The van der Waals surface area contributed by atoms with E-state index in [0.29, 0.717) is 6.42 Å². The van der Waals surface area contributed by atoms with Crippen molar-refractivity contribution in [2.24, 2.45) is 5.84 Å². The number of hydrogen-bond acceptors (Lipinski definition) is 2. The topological polar surface area (TPSA) is 38.0 Å². The van der Waals surface area contributed by atoms with Gasteiger partial charge in [-0.3, -0.25) is 11.3 Å². The fraction of sp³-hybridized carbons (Fsp3) is 0.143. The highest BCUT2D eigenvalue weighted by molar-refractivity contribution is 6.30. The van der Waals surface area contributed by atoms with Gasteiger partial charge in [0.1, 0.15) is 11.6 Å². The van der Waals surface area contributed by atoms with E-state index in [1.807, 2.05) is 30.3 Å². The quantitative estimate of drug-likeness (QED) is 0.513. The molecule has 2 nitrogen and oxygen atoms in total. The highest BCUT2D eigenvalue weighted by Crippen LogP contribution is 2.25. The summed E-state index contributed by atoms with van der Waals surface area (Å²) in [6, 6.07) is 10.9. The first-order chi connectivity index (χ1) is 9.11. The SMILES string of the molecule is NNC(Cc1ccccc1)c1cc(F)c(Cl)cc1F. The van der Waals surface area contributed by atoms with E-state index in [2.05, 4.69) is 5.43 Å². The van der Waals surface area contributed by atoms with Crippen molar-refractivity contribution in [3.8, 4) is 0 Å². The minimum atomic E-state index is -0.661. The van der Waals surface area contributed by atoms with Gasteiger partial charge in [0.15, 0.2) is 0 Å². The summed E-state index contributed by atoms with van der Waals surface area (Å²) in [6.45, 7) is 0. The Balaban J connectivity index is 2.30. The van der Waals surface area contributed by atoms with Gasteiger partial charge in [-0.15, -0.1) is 0 Å². The van der Waals surface area contributed by atoms with Crippen LogP contribution in [0, 0.1) is 11.6 Å². The molecule has 0 heterocycles. The Labute approximate surface area is 115 Å². The Kier molecular flexibility index (Phi) is 4.47. The summed E-state index contributed by atoms with van der Waals surface area (Å²) in [5.74, 6) is 4.20. The highest BCUT2D eigenvalue weighted by Gasteiger charge is 2.17. The molecule has 3 N–H and O–H groups in total. The molecule has 100 valence electrons. The van der Waals surface area contributed by atoms with Crippen LogP contribution in [0.5, 0.6) is 0 Å². The maximum Gasteiger partial charge on any atom is 0.142 e. The van der Waals surface area contributed by atoms with E-state index >= 15 is 0 Å². The molecular weight excluding hydrogens is 270 g/mol. The summed E-state index contributed by atoms with van der Waals surface area (Å²) in [4.78, 5) is 0. The molecule has 2 rings (SSSR count). The molecule has 0 radical (unpaired) electrons. The van der Waals surface area contributed by atoms with Crippen molar-refractivity contribution < 1.29 is 8.78 Å². The van der Waals surface area contributed by atoms with Crippen LogP contribution in [0.3, 0.4) is 0 Å². The summed E-state index contributed by atoms with van der Waals surface area (Å²) in [5, 5.41) is -0.239. The van der Waals surface area contributed by atoms with Gasteiger partial charge in [-0.25, -0.2) is 8.78 Å². The number of benzene rings is 2. The Morgan fingerprint density at radius 1 is 1.11 bits per heavy atom. The van der Waals surface area contributed by atoms with Crippen LogP contribution >= 0.6 is 11.6 Å². The first-order valence-electron chi connectivity index (χ1n) is 5.76. The highest BCUT2D eigenvalue weighted by atomic mass is 35.5. The molecule has 2 aromatic rings. The van der Waals surface area contributed by atoms with Crippen LogP contribution in [0.2, 0.25) is 5.02 Å². The molecule has 0 amide bonds. The average molecular weight is 283 g/mol. The minimum absolute atomic E-state index is 0.160. The first kappa shape index (κ1) is 13.9. The molecule has 19 heavy (non-hydrogen) atoms. The molecule has 0 spiro atoms. The first-order valence-corrected chi connectivity index (χ1v) is 6.14. The normalized spacial score (nSPS) is 12.4. The molecule has 0 bridgehead atoms. The maximum atomic E-state index is 13.8. The Morgan fingerprint density at radius 2 is 1.79 bits per heavy atom. The molecule has 1 unspecified atom stereocenters. The van der Waals surface area contributed by atoms with Crippen LogP contribution in [0.4, 0.5) is 8.78 Å². The molecule has 0 aliphatic carbocycles. The van der Waals surface area contributed by atoms with E-state index in [9.17, 15) is 8.78 Å². The summed E-state index contributed by atoms with van der Waals surface area (Å²) in [6.07, 6.45) is 0.454. The predicted molar refractivity (Wildman–Crippen MR) is 71.6 cm³/mol. The van der Waals surface area contributed by atoms with Crippen LogP contribution in [0.1, 0.15) is 17.2 Å². The maximum absolute atomic E-state index is 13.8. The van der Waals surface area contributed by atoms with Crippen LogP contribution < -0.4 is 11.3 Å². The summed E-state index contributed by atoms with van der Waals surface area (Å²) >= 11 is 5.53. The minimum Gasteiger partial charge on any atom is -0.271 e. The molecule has 0 saturated heterocycles. The Hall–Kier alpha value is -1.49. The number of halogens is 3. The van der Waals surface area contributed by atoms with E-state index < -0.39 is 17.7 Å². The molecule has 0 aliphatic heterocycles. The average Bonchev–Trinajstić information content (AvgIpc) is 2.42. The fourth-order valence-corrected chi connectivity index (χ4v) is 2.06. The van der Waals surface area contributed by atoms with E-state index in [1.165, 1.54) is 0 Å². The third-order valence-corrected chi connectivity index (χ3v) is 3.19. The van der Waals surface area contributed by atoms with Gasteiger partial charge in [0.05, 0.1) is 11.1 Å². The Bertz CT molecular complexity index is 561. The lowest BCUT2D eigenvalue weighted by Crippen LogP contribution is -2.30. The van der Waals surface area contributed by atoms with Crippen molar-refractivity contribution in [3.63, 3.8) is 0 Å². The van der Waals surface area contributed by atoms with Gasteiger partial charge in [0, 0.05) is 5.56 Å². The van der Waals surface area contributed by atoms with E-state index in [4.69, 9.17) is 17.4 Å². The van der Waals surface area contributed by atoms with E-state index in [-0.39, 0.29) is 10.6 Å². The van der Waals surface area contributed by atoms with Crippen molar-refractivity contribution in [1.82, 2.24) is 5.43 Å². The second kappa shape index (κ2) is 6.10. The zero-order valence-corrected chi connectivity index (χ0v) is 10.8. The number of hydrazine groups is 1. The number of hydrogen-bond donors (Lipinski definition) is 2. The zero-order valence-electron chi connectivity index (χ0n) is 10.0. The lowest BCUT2D eigenvalue weighted by molar-refractivity contribution is 0.502. The largest absolute Gasteiger partial charge is 0.271 e. The van der Waals surface area contributed by atoms with E-state index in [1.54, 1.807) is 0 Å². The van der Waals surface area contributed by atoms with Gasteiger partial charge in [-0.2, -0.15) is 0 Å². The standard InChI is InChI=1S/C14H13ClF2N2/c15-11-8-12(16)10(7-13(11)17)14(19-18)6-9-4-2-1-3-5-9/h1-5,7-8,14,19H,6,18H2. The van der Waals surface area contributed by atoms with Gasteiger partial charge < -0.3 is 0 Å². The summed E-state index contributed by atoms with van der Waals surface area (Å²) < 4.78 is 27.3. The third-order valence-electron chi connectivity index (χ3n) is 2.90. The molecule has 1 atom stereocenters. The molecular formula is C14H13ClF2N2. The molecule has 2 aromatic carbocycles. The molecule has 0 aliphatic rings. The Morgan fingerprint density at radius 3 is 2.42 bits per heavy atom. The van der Waals surface area contributed by atoms with Gasteiger partial charge in [0.2, 0.25) is 0 Å². The van der Waals surface area contributed by atoms with Crippen molar-refractivity contribution in [2.75, 3.05) is 0 Å². The second-order valence-electron chi connectivity index (χ2n) is 4.20. The van der Waals surface area contributed by atoms with Crippen LogP contribution in [-0.4, -0.2) is 0 Å².